The van der Waals surface area contributed by atoms with Crippen LogP contribution in [0.4, 0.5) is 0 Å². The van der Waals surface area contributed by atoms with Gasteiger partial charge in [-0.1, -0.05) is 26.0 Å². The molecule has 7 aromatic rings. The Morgan fingerprint density at radius 1 is 0.722 bits per heavy atom. The van der Waals surface area contributed by atoms with Gasteiger partial charge in [-0.25, -0.2) is 0 Å². The van der Waals surface area contributed by atoms with E-state index in [4.69, 9.17) is 0 Å². The topological polar surface area (TPSA) is 38.5 Å². The first-order valence-corrected chi connectivity index (χ1v) is 20.4. The van der Waals surface area contributed by atoms with E-state index >= 15 is 0 Å². The number of rotatable bonds is 8. The third kappa shape index (κ3) is 4.76. The lowest BCUT2D eigenvalue weighted by Gasteiger charge is -2.48. The summed E-state index contributed by atoms with van der Waals surface area (Å²) in [5, 5.41) is 2.26. The molecule has 5 aromatic heterocycles. The average Bonchev–Trinajstić information content (AvgIpc) is 3.57. The van der Waals surface area contributed by atoms with Gasteiger partial charge in [0.05, 0.1) is 22.0 Å². The largest absolute Gasteiger partial charge is 0.309 e. The van der Waals surface area contributed by atoms with Crippen LogP contribution in [0.15, 0.2) is 116 Å². The van der Waals surface area contributed by atoms with Gasteiger partial charge in [0.1, 0.15) is 6.54 Å². The van der Waals surface area contributed by atoms with Crippen LogP contribution >= 0.6 is 0 Å². The number of nitrogens with zero attached hydrogens (tertiary/aromatic N) is 5. The predicted octanol–water partition coefficient (Wildman–Crippen LogP) is 10.8. The van der Waals surface area contributed by atoms with Crippen LogP contribution in [0.2, 0.25) is 0 Å². The van der Waals surface area contributed by atoms with E-state index in [1.807, 2.05) is 24.8 Å². The van der Waals surface area contributed by atoms with Gasteiger partial charge in [0.25, 0.3) is 0 Å². The molecule has 2 bridgehead atoms. The van der Waals surface area contributed by atoms with E-state index in [1.54, 1.807) is 11.1 Å². The quantitative estimate of drug-likeness (QED) is 0.147. The third-order valence-corrected chi connectivity index (χ3v) is 14.4. The first-order chi connectivity index (χ1) is 26.5. The average molecular weight is 710 g/mol. The van der Waals surface area contributed by atoms with Crippen molar-refractivity contribution in [1.29, 1.82) is 0 Å². The molecule has 2 aromatic carbocycles. The summed E-state index contributed by atoms with van der Waals surface area (Å²) in [7, 11) is 0. The SMILES string of the molecule is CCC1(C)c2ccc(-n3c4ccncc4c4cnccc43)cc2-c2cccc[n+]2C1(CC)CCC[n+]1ccccc1-c1cc2c(cc1C)C1CCC2CC1. The van der Waals surface area contributed by atoms with Crippen LogP contribution in [-0.2, 0) is 17.5 Å². The Kier molecular flexibility index (Phi) is 7.87. The van der Waals surface area contributed by atoms with Crippen LogP contribution in [0.3, 0.4) is 0 Å². The Bertz CT molecular complexity index is 2520. The molecule has 3 aliphatic carbocycles. The Labute approximate surface area is 319 Å². The summed E-state index contributed by atoms with van der Waals surface area (Å²) in [5.74, 6) is 1.52. The molecule has 0 amide bonds. The minimum atomic E-state index is -0.0759. The van der Waals surface area contributed by atoms with Gasteiger partial charge in [0.2, 0.25) is 11.4 Å². The molecule has 0 radical (unpaired) electrons. The molecular formula is C49H51N5+2. The standard InChI is InChI=1S/C49H51N5/c1-5-48(4)43-19-18-36(54-46-20-23-50-31-41(46)42-32-51-24-21-47(42)54)29-40(43)45-13-8-10-27-53(45)49(48,6-2)22-11-26-52-25-9-7-12-44(52)37-30-39-35-16-14-34(15-17-35)38(39)28-33(37)3/h7-10,12-13,18-21,23-25,27-32,34-35H,5-6,11,14-17,22,26H2,1-4H3/q+2. The summed E-state index contributed by atoms with van der Waals surface area (Å²) in [6, 6.07) is 30.2. The first kappa shape index (κ1) is 33.4. The molecule has 2 atom stereocenters. The molecule has 5 nitrogen and oxygen atoms in total. The van der Waals surface area contributed by atoms with Crippen molar-refractivity contribution in [3.63, 3.8) is 0 Å². The molecule has 0 spiro atoms. The fraction of sp³-hybridized carbons (Fsp3) is 0.347. The van der Waals surface area contributed by atoms with Crippen LogP contribution in [0.25, 0.3) is 50.0 Å². The lowest BCUT2D eigenvalue weighted by molar-refractivity contribution is -0.771. The Hall–Kier alpha value is -5.16. The lowest BCUT2D eigenvalue weighted by Crippen LogP contribution is -2.69. The van der Waals surface area contributed by atoms with Crippen LogP contribution in [0, 0.1) is 6.92 Å². The summed E-state index contributed by atoms with van der Waals surface area (Å²) in [6.45, 7) is 10.7. The predicted molar refractivity (Wildman–Crippen MR) is 218 cm³/mol. The second-order valence-corrected chi connectivity index (χ2v) is 16.6. The second-order valence-electron chi connectivity index (χ2n) is 16.6. The number of hydrogen-bond acceptors (Lipinski definition) is 2. The van der Waals surface area contributed by atoms with Crippen molar-refractivity contribution in [3.8, 4) is 28.2 Å². The lowest BCUT2D eigenvalue weighted by atomic mass is 9.58. The smallest absolute Gasteiger partial charge is 0.213 e. The first-order valence-electron chi connectivity index (χ1n) is 20.4. The highest BCUT2D eigenvalue weighted by Gasteiger charge is 2.59. The van der Waals surface area contributed by atoms with E-state index in [2.05, 4.69) is 143 Å². The van der Waals surface area contributed by atoms with Crippen molar-refractivity contribution in [2.75, 3.05) is 0 Å². The monoisotopic (exact) mass is 709 g/mol. The van der Waals surface area contributed by atoms with Gasteiger partial charge in [-0.05, 0) is 123 Å². The van der Waals surface area contributed by atoms with Gasteiger partial charge in [0, 0.05) is 90.3 Å². The Balaban J connectivity index is 1.03. The highest BCUT2D eigenvalue weighted by molar-refractivity contribution is 6.08. The Morgan fingerprint density at radius 2 is 1.39 bits per heavy atom. The van der Waals surface area contributed by atoms with E-state index in [-0.39, 0.29) is 11.0 Å². The van der Waals surface area contributed by atoms with Crippen molar-refractivity contribution < 1.29 is 9.13 Å². The van der Waals surface area contributed by atoms with E-state index in [9.17, 15) is 0 Å². The molecule has 0 saturated heterocycles. The summed E-state index contributed by atoms with van der Waals surface area (Å²) in [6.07, 6.45) is 22.2. The minimum absolute atomic E-state index is 0.0676. The van der Waals surface area contributed by atoms with Gasteiger partial charge >= 0.3 is 0 Å². The zero-order chi connectivity index (χ0) is 36.6. The second kappa shape index (κ2) is 12.7. The van der Waals surface area contributed by atoms with Crippen molar-refractivity contribution in [2.24, 2.45) is 0 Å². The van der Waals surface area contributed by atoms with E-state index in [0.29, 0.717) is 0 Å². The molecule has 6 heterocycles. The van der Waals surface area contributed by atoms with Crippen molar-refractivity contribution in [3.05, 3.63) is 138 Å². The molecule has 1 saturated carbocycles. The molecule has 54 heavy (non-hydrogen) atoms. The zero-order valence-electron chi connectivity index (χ0n) is 32.2. The molecular weight excluding hydrogens is 659 g/mol. The molecule has 1 fully saturated rings. The summed E-state index contributed by atoms with van der Waals surface area (Å²) in [4.78, 5) is 8.94. The highest BCUT2D eigenvalue weighted by Crippen LogP contribution is 2.53. The van der Waals surface area contributed by atoms with E-state index in [0.717, 1.165) is 65.9 Å². The van der Waals surface area contributed by atoms with Gasteiger partial charge in [-0.15, -0.1) is 0 Å². The molecule has 5 heteroatoms. The number of fused-ring (bicyclic) bond motifs is 8. The summed E-state index contributed by atoms with van der Waals surface area (Å²) >= 11 is 0. The third-order valence-electron chi connectivity index (χ3n) is 14.4. The fourth-order valence-corrected chi connectivity index (χ4v) is 11.5. The number of aromatic nitrogens is 5. The number of pyridine rings is 4. The maximum absolute atomic E-state index is 4.47. The molecule has 11 rings (SSSR count). The molecule has 2 unspecified atom stereocenters. The maximum Gasteiger partial charge on any atom is 0.213 e. The fourth-order valence-electron chi connectivity index (χ4n) is 11.5. The van der Waals surface area contributed by atoms with Gasteiger partial charge in [-0.2, -0.15) is 9.13 Å². The van der Waals surface area contributed by atoms with Crippen LogP contribution in [0.1, 0.15) is 106 Å². The van der Waals surface area contributed by atoms with Crippen molar-refractivity contribution in [2.45, 2.75) is 108 Å². The van der Waals surface area contributed by atoms with Gasteiger partial charge < -0.3 is 4.57 Å². The molecule has 1 aliphatic heterocycles. The van der Waals surface area contributed by atoms with Crippen LogP contribution < -0.4 is 9.13 Å². The Morgan fingerprint density at radius 3 is 2.07 bits per heavy atom. The van der Waals surface area contributed by atoms with Gasteiger partial charge in [0.15, 0.2) is 17.9 Å². The highest BCUT2D eigenvalue weighted by atomic mass is 15.1. The number of hydrogen-bond donors (Lipinski definition) is 0. The van der Waals surface area contributed by atoms with Gasteiger partial charge in [-0.3, -0.25) is 9.97 Å². The molecule has 0 N–H and O–H groups in total. The van der Waals surface area contributed by atoms with Crippen LogP contribution in [-0.4, -0.2) is 14.5 Å². The zero-order valence-corrected chi connectivity index (χ0v) is 32.2. The number of benzene rings is 2. The normalized spacial score (nSPS) is 22.7. The van der Waals surface area contributed by atoms with E-state index < -0.39 is 0 Å². The molecule has 4 aliphatic rings. The summed E-state index contributed by atoms with van der Waals surface area (Å²) in [5.41, 5.74) is 14.9. The minimum Gasteiger partial charge on any atom is -0.309 e. The van der Waals surface area contributed by atoms with Crippen LogP contribution in [0.5, 0.6) is 0 Å². The maximum atomic E-state index is 4.47. The van der Waals surface area contributed by atoms with E-state index in [1.165, 1.54) is 65.0 Å². The molecule has 270 valence electrons. The van der Waals surface area contributed by atoms with Crippen molar-refractivity contribution in [1.82, 2.24) is 14.5 Å². The number of aryl methyl sites for hydroxylation is 2. The summed E-state index contributed by atoms with van der Waals surface area (Å²) < 4.78 is 7.59. The van der Waals surface area contributed by atoms with Crippen molar-refractivity contribution >= 4 is 21.8 Å².